The van der Waals surface area contributed by atoms with Crippen molar-refractivity contribution in [3.63, 3.8) is 0 Å². The van der Waals surface area contributed by atoms with E-state index in [1.807, 2.05) is 38.1 Å². The SMILES string of the molecule is CC(=O)Nc1ccc(CNCc2nc(C)c(C)o2)cc1. The van der Waals surface area contributed by atoms with Crippen LogP contribution in [0.5, 0.6) is 0 Å². The molecule has 5 nitrogen and oxygen atoms in total. The van der Waals surface area contributed by atoms with E-state index in [1.54, 1.807) is 0 Å². The Bertz CT molecular complexity index is 568. The third-order valence-corrected chi connectivity index (χ3v) is 2.95. The van der Waals surface area contributed by atoms with Crippen LogP contribution in [-0.2, 0) is 17.9 Å². The standard InChI is InChI=1S/C15H19N3O2/c1-10-11(2)20-15(17-10)9-16-8-13-4-6-14(7-5-13)18-12(3)19/h4-7,16H,8-9H2,1-3H3,(H,18,19). The molecule has 0 aliphatic heterocycles. The Morgan fingerprint density at radius 1 is 1.20 bits per heavy atom. The number of nitrogens with one attached hydrogen (secondary N) is 2. The van der Waals surface area contributed by atoms with Gasteiger partial charge in [-0.1, -0.05) is 12.1 Å². The van der Waals surface area contributed by atoms with E-state index in [0.29, 0.717) is 12.4 Å². The van der Waals surface area contributed by atoms with Crippen LogP contribution >= 0.6 is 0 Å². The van der Waals surface area contributed by atoms with Gasteiger partial charge in [0, 0.05) is 19.2 Å². The van der Waals surface area contributed by atoms with Gasteiger partial charge in [-0.2, -0.15) is 0 Å². The van der Waals surface area contributed by atoms with Gasteiger partial charge in [0.25, 0.3) is 0 Å². The van der Waals surface area contributed by atoms with Crippen LogP contribution in [0.4, 0.5) is 5.69 Å². The molecule has 0 bridgehead atoms. The summed E-state index contributed by atoms with van der Waals surface area (Å²) in [6.45, 7) is 6.66. The molecule has 1 aromatic carbocycles. The van der Waals surface area contributed by atoms with E-state index in [-0.39, 0.29) is 5.91 Å². The number of nitrogens with zero attached hydrogens (tertiary/aromatic N) is 1. The van der Waals surface area contributed by atoms with Crippen molar-refractivity contribution in [1.82, 2.24) is 10.3 Å². The third-order valence-electron chi connectivity index (χ3n) is 2.95. The van der Waals surface area contributed by atoms with Crippen LogP contribution in [0.15, 0.2) is 28.7 Å². The summed E-state index contributed by atoms with van der Waals surface area (Å²) in [5.74, 6) is 1.50. The molecule has 106 valence electrons. The molecule has 0 atom stereocenters. The summed E-state index contributed by atoms with van der Waals surface area (Å²) in [6.07, 6.45) is 0. The highest BCUT2D eigenvalue weighted by molar-refractivity contribution is 5.88. The molecule has 2 aromatic rings. The molecular weight excluding hydrogens is 254 g/mol. The summed E-state index contributed by atoms with van der Waals surface area (Å²) in [5, 5.41) is 6.01. The smallest absolute Gasteiger partial charge is 0.221 e. The molecule has 1 amide bonds. The molecule has 0 unspecified atom stereocenters. The second kappa shape index (κ2) is 6.34. The Hall–Kier alpha value is -2.14. The van der Waals surface area contributed by atoms with Gasteiger partial charge in [-0.3, -0.25) is 4.79 Å². The maximum absolute atomic E-state index is 10.9. The highest BCUT2D eigenvalue weighted by Crippen LogP contribution is 2.10. The fraction of sp³-hybridized carbons (Fsp3) is 0.333. The molecule has 0 aliphatic carbocycles. The van der Waals surface area contributed by atoms with Crippen LogP contribution in [0, 0.1) is 13.8 Å². The highest BCUT2D eigenvalue weighted by atomic mass is 16.4. The predicted octanol–water partition coefficient (Wildman–Crippen LogP) is 2.54. The maximum Gasteiger partial charge on any atom is 0.221 e. The number of hydrogen-bond acceptors (Lipinski definition) is 4. The molecule has 0 saturated carbocycles. The molecule has 0 saturated heterocycles. The van der Waals surface area contributed by atoms with E-state index < -0.39 is 0 Å². The van der Waals surface area contributed by atoms with Crippen molar-refractivity contribution < 1.29 is 9.21 Å². The minimum absolute atomic E-state index is 0.0643. The fourth-order valence-electron chi connectivity index (χ4n) is 1.84. The van der Waals surface area contributed by atoms with Crippen LogP contribution in [0.25, 0.3) is 0 Å². The second-order valence-corrected chi connectivity index (χ2v) is 4.73. The van der Waals surface area contributed by atoms with Crippen molar-refractivity contribution >= 4 is 11.6 Å². The number of aryl methyl sites for hydroxylation is 2. The van der Waals surface area contributed by atoms with Crippen molar-refractivity contribution in [2.75, 3.05) is 5.32 Å². The zero-order chi connectivity index (χ0) is 14.5. The quantitative estimate of drug-likeness (QED) is 0.878. The Morgan fingerprint density at radius 3 is 2.45 bits per heavy atom. The number of amides is 1. The van der Waals surface area contributed by atoms with E-state index >= 15 is 0 Å². The highest BCUT2D eigenvalue weighted by Gasteiger charge is 2.04. The average molecular weight is 273 g/mol. The Labute approximate surface area is 118 Å². The van der Waals surface area contributed by atoms with Crippen molar-refractivity contribution in [2.24, 2.45) is 0 Å². The monoisotopic (exact) mass is 273 g/mol. The first-order valence-electron chi connectivity index (χ1n) is 6.55. The van der Waals surface area contributed by atoms with E-state index in [0.717, 1.165) is 29.2 Å². The normalized spacial score (nSPS) is 10.6. The molecular formula is C15H19N3O2. The Balaban J connectivity index is 1.83. The van der Waals surface area contributed by atoms with Crippen LogP contribution < -0.4 is 10.6 Å². The lowest BCUT2D eigenvalue weighted by Crippen LogP contribution is -2.13. The van der Waals surface area contributed by atoms with Crippen molar-refractivity contribution in [1.29, 1.82) is 0 Å². The van der Waals surface area contributed by atoms with Gasteiger partial charge in [0.15, 0.2) is 0 Å². The molecule has 0 fully saturated rings. The van der Waals surface area contributed by atoms with Gasteiger partial charge in [-0.25, -0.2) is 4.98 Å². The van der Waals surface area contributed by atoms with Gasteiger partial charge in [-0.15, -0.1) is 0 Å². The molecule has 1 aromatic heterocycles. The average Bonchev–Trinajstić information content (AvgIpc) is 2.70. The lowest BCUT2D eigenvalue weighted by molar-refractivity contribution is -0.114. The number of rotatable bonds is 5. The Kier molecular flexibility index (Phi) is 4.53. The van der Waals surface area contributed by atoms with Crippen LogP contribution in [0.1, 0.15) is 29.8 Å². The molecule has 2 N–H and O–H groups in total. The summed E-state index contributed by atoms with van der Waals surface area (Å²) >= 11 is 0. The largest absolute Gasteiger partial charge is 0.444 e. The maximum atomic E-state index is 10.9. The number of anilines is 1. The minimum atomic E-state index is -0.0643. The van der Waals surface area contributed by atoms with Crippen LogP contribution in [-0.4, -0.2) is 10.9 Å². The Morgan fingerprint density at radius 2 is 1.90 bits per heavy atom. The van der Waals surface area contributed by atoms with Gasteiger partial charge in [0.2, 0.25) is 11.8 Å². The second-order valence-electron chi connectivity index (χ2n) is 4.73. The van der Waals surface area contributed by atoms with Gasteiger partial charge >= 0.3 is 0 Å². The van der Waals surface area contributed by atoms with E-state index in [1.165, 1.54) is 6.92 Å². The first kappa shape index (κ1) is 14.3. The first-order valence-corrected chi connectivity index (χ1v) is 6.55. The summed E-state index contributed by atoms with van der Waals surface area (Å²) < 4.78 is 5.49. The summed E-state index contributed by atoms with van der Waals surface area (Å²) in [7, 11) is 0. The minimum Gasteiger partial charge on any atom is -0.444 e. The van der Waals surface area contributed by atoms with E-state index in [4.69, 9.17) is 4.42 Å². The van der Waals surface area contributed by atoms with Crippen molar-refractivity contribution in [3.8, 4) is 0 Å². The van der Waals surface area contributed by atoms with Gasteiger partial charge in [0.1, 0.15) is 5.76 Å². The van der Waals surface area contributed by atoms with Crippen LogP contribution in [0.2, 0.25) is 0 Å². The molecule has 20 heavy (non-hydrogen) atoms. The van der Waals surface area contributed by atoms with Crippen LogP contribution in [0.3, 0.4) is 0 Å². The number of carbonyl (C=O) groups is 1. The summed E-state index contributed by atoms with van der Waals surface area (Å²) in [6, 6.07) is 7.73. The summed E-state index contributed by atoms with van der Waals surface area (Å²) in [5.41, 5.74) is 2.88. The van der Waals surface area contributed by atoms with Gasteiger partial charge < -0.3 is 15.1 Å². The van der Waals surface area contributed by atoms with E-state index in [2.05, 4.69) is 15.6 Å². The number of carbonyl (C=O) groups excluding carboxylic acids is 1. The zero-order valence-corrected chi connectivity index (χ0v) is 12.0. The molecule has 2 rings (SSSR count). The number of oxazole rings is 1. The van der Waals surface area contributed by atoms with Gasteiger partial charge in [-0.05, 0) is 31.5 Å². The summed E-state index contributed by atoms with van der Waals surface area (Å²) in [4.78, 5) is 15.2. The lowest BCUT2D eigenvalue weighted by Gasteiger charge is -2.05. The zero-order valence-electron chi connectivity index (χ0n) is 12.0. The predicted molar refractivity (Wildman–Crippen MR) is 77.3 cm³/mol. The molecule has 0 aliphatic rings. The lowest BCUT2D eigenvalue weighted by atomic mass is 10.2. The van der Waals surface area contributed by atoms with Crippen molar-refractivity contribution in [3.05, 3.63) is 47.2 Å². The number of benzene rings is 1. The van der Waals surface area contributed by atoms with E-state index in [9.17, 15) is 4.79 Å². The molecule has 0 radical (unpaired) electrons. The number of hydrogen-bond donors (Lipinski definition) is 2. The molecule has 5 heteroatoms. The third kappa shape index (κ3) is 3.93. The number of aromatic nitrogens is 1. The topological polar surface area (TPSA) is 67.2 Å². The van der Waals surface area contributed by atoms with Gasteiger partial charge in [0.05, 0.1) is 12.2 Å². The fourth-order valence-corrected chi connectivity index (χ4v) is 1.84. The first-order chi connectivity index (χ1) is 9.54. The molecule has 0 spiro atoms. The molecule has 1 heterocycles. The van der Waals surface area contributed by atoms with Crippen molar-refractivity contribution in [2.45, 2.75) is 33.9 Å².